The van der Waals surface area contributed by atoms with E-state index in [9.17, 15) is 23.1 Å². The fourth-order valence-corrected chi connectivity index (χ4v) is 3.36. The number of aliphatic carboxylic acids is 1. The number of carboxylic acid groups (broad SMARTS) is 1. The third-order valence-corrected chi connectivity index (χ3v) is 5.34. The highest BCUT2D eigenvalue weighted by molar-refractivity contribution is 5.81. The molecule has 7 nitrogen and oxygen atoms in total. The maximum absolute atomic E-state index is 12.8. The van der Waals surface area contributed by atoms with Crippen LogP contribution < -0.4 is 4.74 Å². The minimum atomic E-state index is -5.08. The summed E-state index contributed by atoms with van der Waals surface area (Å²) in [5, 5.41) is 18.0. The van der Waals surface area contributed by atoms with Crippen LogP contribution in [0.25, 0.3) is 0 Å². The minimum Gasteiger partial charge on any atom is -0.481 e. The zero-order valence-corrected chi connectivity index (χ0v) is 18.6. The first kappa shape index (κ1) is 26.1. The number of alkyl halides is 3. The average Bonchev–Trinajstić information content (AvgIpc) is 2.76. The molecule has 1 fully saturated rings. The predicted molar refractivity (Wildman–Crippen MR) is 114 cm³/mol. The monoisotopic (exact) mass is 468 g/mol. The van der Waals surface area contributed by atoms with E-state index in [0.717, 1.165) is 22.4 Å². The molecule has 0 radical (unpaired) electrons. The lowest BCUT2D eigenvalue weighted by Gasteiger charge is -2.39. The van der Waals surface area contributed by atoms with Crippen molar-refractivity contribution in [2.45, 2.75) is 51.5 Å². The van der Waals surface area contributed by atoms with Gasteiger partial charge in [0.25, 0.3) is 5.91 Å². The van der Waals surface area contributed by atoms with Crippen LogP contribution in [-0.2, 0) is 15.2 Å². The number of halogens is 3. The smallest absolute Gasteiger partial charge is 0.481 e. The quantitative estimate of drug-likeness (QED) is 0.711. The number of carboxylic acids is 1. The van der Waals surface area contributed by atoms with Crippen LogP contribution in [0.5, 0.6) is 5.75 Å². The Bertz CT molecular complexity index is 958. The molecule has 1 atom stereocenters. The van der Waals surface area contributed by atoms with Crippen LogP contribution in [0.1, 0.15) is 36.5 Å². The second-order valence-corrected chi connectivity index (χ2v) is 7.93. The van der Waals surface area contributed by atoms with Crippen molar-refractivity contribution in [3.8, 4) is 5.75 Å². The van der Waals surface area contributed by atoms with E-state index in [1.807, 2.05) is 44.2 Å². The van der Waals surface area contributed by atoms with Gasteiger partial charge in [-0.1, -0.05) is 18.2 Å². The van der Waals surface area contributed by atoms with E-state index in [4.69, 9.17) is 14.6 Å². The van der Waals surface area contributed by atoms with Crippen molar-refractivity contribution in [1.29, 1.82) is 0 Å². The van der Waals surface area contributed by atoms with Crippen molar-refractivity contribution in [3.63, 3.8) is 0 Å². The molecule has 1 amide bonds. The number of benzene rings is 1. The molecule has 1 aromatic carbocycles. The van der Waals surface area contributed by atoms with Gasteiger partial charge in [-0.2, -0.15) is 13.2 Å². The number of amides is 1. The summed E-state index contributed by atoms with van der Waals surface area (Å²) in [5.74, 6) is -2.05. The molecule has 1 saturated heterocycles. The number of hydrogen-bond donors (Lipinski definition) is 2. The first-order valence-electron chi connectivity index (χ1n) is 10.3. The second-order valence-electron chi connectivity index (χ2n) is 7.93. The molecule has 1 aliphatic heterocycles. The van der Waals surface area contributed by atoms with Crippen molar-refractivity contribution in [3.05, 3.63) is 59.4 Å². The van der Waals surface area contributed by atoms with Crippen molar-refractivity contribution in [2.24, 2.45) is 0 Å². The molecule has 33 heavy (non-hydrogen) atoms. The molecule has 2 N–H and O–H groups in total. The summed E-state index contributed by atoms with van der Waals surface area (Å²) < 4.78 is 37.6. The van der Waals surface area contributed by atoms with Crippen molar-refractivity contribution < 1.29 is 37.7 Å². The standard InChI is InChI=1S/C21H26N2O3.C2HF3O2/c1-15-6-7-16(2)19(13-15)26-17(3)20(24)23-11-8-21(25,9-12-23)18-5-4-10-22-14-18;3-2(4,5)1(6)7/h4-7,10,13-14,17,25H,8-9,11-12H2,1-3H3;(H,6,7). The van der Waals surface area contributed by atoms with Crippen LogP contribution in [0.3, 0.4) is 0 Å². The van der Waals surface area contributed by atoms with Gasteiger partial charge >= 0.3 is 12.1 Å². The first-order chi connectivity index (χ1) is 15.3. The highest BCUT2D eigenvalue weighted by Gasteiger charge is 2.38. The Morgan fingerprint density at radius 2 is 1.79 bits per heavy atom. The maximum Gasteiger partial charge on any atom is 0.490 e. The van der Waals surface area contributed by atoms with Crippen molar-refractivity contribution in [1.82, 2.24) is 9.88 Å². The number of carbonyl (C=O) groups is 2. The summed E-state index contributed by atoms with van der Waals surface area (Å²) in [6.07, 6.45) is -1.25. The number of rotatable bonds is 4. The lowest BCUT2D eigenvalue weighted by Crippen LogP contribution is -2.49. The minimum absolute atomic E-state index is 0.0425. The predicted octanol–water partition coefficient (Wildman–Crippen LogP) is 3.61. The molecular weight excluding hydrogens is 441 g/mol. The lowest BCUT2D eigenvalue weighted by molar-refractivity contribution is -0.192. The Kier molecular flexibility index (Phi) is 8.43. The molecule has 2 heterocycles. The zero-order valence-electron chi connectivity index (χ0n) is 18.6. The summed E-state index contributed by atoms with van der Waals surface area (Å²) >= 11 is 0. The van der Waals surface area contributed by atoms with Gasteiger partial charge < -0.3 is 19.8 Å². The molecule has 10 heteroatoms. The van der Waals surface area contributed by atoms with Crippen LogP contribution in [-0.4, -0.2) is 57.3 Å². The molecular formula is C23H27F3N2O5. The Labute approximate surface area is 189 Å². The van der Waals surface area contributed by atoms with Crippen molar-refractivity contribution in [2.75, 3.05) is 13.1 Å². The van der Waals surface area contributed by atoms with Gasteiger partial charge in [-0.25, -0.2) is 4.79 Å². The third-order valence-electron chi connectivity index (χ3n) is 5.34. The van der Waals surface area contributed by atoms with Gasteiger partial charge in [-0.15, -0.1) is 0 Å². The van der Waals surface area contributed by atoms with E-state index in [0.29, 0.717) is 25.9 Å². The molecule has 1 aliphatic rings. The van der Waals surface area contributed by atoms with Crippen LogP contribution in [0.15, 0.2) is 42.7 Å². The summed E-state index contributed by atoms with van der Waals surface area (Å²) in [5.41, 5.74) is 2.01. The topological polar surface area (TPSA) is 100.0 Å². The normalized spacial score (nSPS) is 16.3. The molecule has 3 rings (SSSR count). The number of pyridine rings is 1. The zero-order chi connectivity index (χ0) is 24.8. The number of likely N-dealkylation sites (tertiary alicyclic amines) is 1. The summed E-state index contributed by atoms with van der Waals surface area (Å²) in [7, 11) is 0. The molecule has 2 aromatic rings. The van der Waals surface area contributed by atoms with Gasteiger partial charge in [0, 0.05) is 31.0 Å². The van der Waals surface area contributed by atoms with Crippen LogP contribution in [0, 0.1) is 13.8 Å². The summed E-state index contributed by atoms with van der Waals surface area (Å²) in [6, 6.07) is 9.69. The number of aromatic nitrogens is 1. The molecule has 0 saturated carbocycles. The summed E-state index contributed by atoms with van der Waals surface area (Å²) in [6.45, 7) is 6.77. The van der Waals surface area contributed by atoms with E-state index in [-0.39, 0.29) is 5.91 Å². The fourth-order valence-electron chi connectivity index (χ4n) is 3.36. The van der Waals surface area contributed by atoms with Crippen LogP contribution in [0.4, 0.5) is 13.2 Å². The molecule has 180 valence electrons. The Hall–Kier alpha value is -3.14. The van der Waals surface area contributed by atoms with Crippen molar-refractivity contribution >= 4 is 11.9 Å². The van der Waals surface area contributed by atoms with E-state index in [1.165, 1.54) is 0 Å². The number of aryl methyl sites for hydroxylation is 2. The Balaban J connectivity index is 0.000000479. The average molecular weight is 468 g/mol. The van der Waals surface area contributed by atoms with Crippen LogP contribution >= 0.6 is 0 Å². The lowest BCUT2D eigenvalue weighted by atomic mass is 9.85. The van der Waals surface area contributed by atoms with Gasteiger partial charge in [-0.3, -0.25) is 9.78 Å². The van der Waals surface area contributed by atoms with E-state index in [1.54, 1.807) is 24.2 Å². The SMILES string of the molecule is Cc1ccc(C)c(OC(C)C(=O)N2CCC(O)(c3cccnc3)CC2)c1.O=C(O)C(F)(F)F. The second kappa shape index (κ2) is 10.7. The van der Waals surface area contributed by atoms with Gasteiger partial charge in [0.05, 0.1) is 5.60 Å². The summed E-state index contributed by atoms with van der Waals surface area (Å²) in [4.78, 5) is 27.5. The van der Waals surface area contributed by atoms with E-state index in [2.05, 4.69) is 4.98 Å². The third kappa shape index (κ3) is 7.18. The fraction of sp³-hybridized carbons (Fsp3) is 0.435. The molecule has 1 unspecified atom stereocenters. The number of hydrogen-bond acceptors (Lipinski definition) is 5. The molecule has 0 aliphatic carbocycles. The van der Waals surface area contributed by atoms with E-state index < -0.39 is 23.9 Å². The van der Waals surface area contributed by atoms with Crippen LogP contribution in [0.2, 0.25) is 0 Å². The largest absolute Gasteiger partial charge is 0.490 e. The highest BCUT2D eigenvalue weighted by atomic mass is 19.4. The van der Waals surface area contributed by atoms with Gasteiger partial charge in [0.15, 0.2) is 6.10 Å². The van der Waals surface area contributed by atoms with Gasteiger partial charge in [0.2, 0.25) is 0 Å². The number of piperidine rings is 1. The van der Waals surface area contributed by atoms with E-state index >= 15 is 0 Å². The number of nitrogens with zero attached hydrogens (tertiary/aromatic N) is 2. The molecule has 0 bridgehead atoms. The number of ether oxygens (including phenoxy) is 1. The first-order valence-corrected chi connectivity index (χ1v) is 10.3. The molecule has 0 spiro atoms. The van der Waals surface area contributed by atoms with Gasteiger partial charge in [0.1, 0.15) is 5.75 Å². The Morgan fingerprint density at radius 3 is 2.30 bits per heavy atom. The number of aliphatic hydroxyl groups is 1. The van der Waals surface area contributed by atoms with Gasteiger partial charge in [-0.05, 0) is 56.9 Å². The number of carbonyl (C=O) groups excluding carboxylic acids is 1. The molecule has 1 aromatic heterocycles. The Morgan fingerprint density at radius 1 is 1.18 bits per heavy atom. The highest BCUT2D eigenvalue weighted by Crippen LogP contribution is 2.32. The maximum atomic E-state index is 12.8.